The quantitative estimate of drug-likeness (QED) is 0.797. The number of halogens is 1. The van der Waals surface area contributed by atoms with Gasteiger partial charge in [-0.05, 0) is 12.5 Å². The highest BCUT2D eigenvalue weighted by Gasteiger charge is 2.15. The second-order valence-electron chi connectivity index (χ2n) is 4.83. The minimum Gasteiger partial charge on any atom is -0.495 e. The topological polar surface area (TPSA) is 85.4 Å². The van der Waals surface area contributed by atoms with Crippen LogP contribution in [0.25, 0.3) is 0 Å². The lowest BCUT2D eigenvalue weighted by Gasteiger charge is -2.13. The maximum atomic E-state index is 12.4. The lowest BCUT2D eigenvalue weighted by atomic mass is 10.2. The molecular weight excluding hydrogens is 332 g/mol. The first kappa shape index (κ1) is 17.8. The van der Waals surface area contributed by atoms with E-state index in [4.69, 9.17) is 21.1 Å². The predicted molar refractivity (Wildman–Crippen MR) is 93.3 cm³/mol. The average Bonchev–Trinajstić information content (AvgIpc) is 2.61. The van der Waals surface area contributed by atoms with E-state index >= 15 is 0 Å². The van der Waals surface area contributed by atoms with Gasteiger partial charge in [0.2, 0.25) is 5.95 Å². The summed E-state index contributed by atoms with van der Waals surface area (Å²) >= 11 is 6.06. The molecule has 2 aromatic rings. The van der Waals surface area contributed by atoms with Gasteiger partial charge >= 0.3 is 0 Å². The van der Waals surface area contributed by atoms with Crippen molar-refractivity contribution in [2.24, 2.45) is 0 Å². The SMILES string of the molecule is CCCNc1nccc(C(=O)Nc2cc(OC)c(Cl)cc2OC)n1. The second-order valence-corrected chi connectivity index (χ2v) is 5.24. The third-order valence-electron chi connectivity index (χ3n) is 3.14. The standard InChI is InChI=1S/C16H19ClN4O3/c1-4-6-18-16-19-7-5-11(21-16)15(22)20-12-9-13(23-2)10(17)8-14(12)24-3/h5,7-9H,4,6H2,1-3H3,(H,20,22)(H,18,19,21). The van der Waals surface area contributed by atoms with Crippen molar-refractivity contribution in [2.75, 3.05) is 31.4 Å². The van der Waals surface area contributed by atoms with Gasteiger partial charge in [0.1, 0.15) is 17.2 Å². The van der Waals surface area contributed by atoms with Gasteiger partial charge in [-0.15, -0.1) is 0 Å². The van der Waals surface area contributed by atoms with Crippen LogP contribution in [0, 0.1) is 0 Å². The molecule has 0 saturated heterocycles. The number of carbonyl (C=O) groups is 1. The van der Waals surface area contributed by atoms with E-state index in [0.717, 1.165) is 13.0 Å². The van der Waals surface area contributed by atoms with Crippen molar-refractivity contribution in [3.63, 3.8) is 0 Å². The lowest BCUT2D eigenvalue weighted by Crippen LogP contribution is -2.16. The van der Waals surface area contributed by atoms with E-state index in [1.54, 1.807) is 12.1 Å². The van der Waals surface area contributed by atoms with Gasteiger partial charge in [-0.25, -0.2) is 9.97 Å². The molecule has 8 heteroatoms. The van der Waals surface area contributed by atoms with Crippen molar-refractivity contribution >= 4 is 29.1 Å². The summed E-state index contributed by atoms with van der Waals surface area (Å²) in [4.78, 5) is 20.7. The Balaban J connectivity index is 2.23. The van der Waals surface area contributed by atoms with Crippen molar-refractivity contribution in [2.45, 2.75) is 13.3 Å². The molecule has 0 unspecified atom stereocenters. The van der Waals surface area contributed by atoms with Crippen molar-refractivity contribution in [1.82, 2.24) is 9.97 Å². The van der Waals surface area contributed by atoms with Gasteiger partial charge < -0.3 is 20.1 Å². The van der Waals surface area contributed by atoms with E-state index < -0.39 is 0 Å². The summed E-state index contributed by atoms with van der Waals surface area (Å²) in [7, 11) is 2.99. The Labute approximate surface area is 145 Å². The van der Waals surface area contributed by atoms with Crippen LogP contribution in [0.2, 0.25) is 5.02 Å². The molecular formula is C16H19ClN4O3. The van der Waals surface area contributed by atoms with Crippen LogP contribution in [-0.4, -0.2) is 36.6 Å². The van der Waals surface area contributed by atoms with Gasteiger partial charge in [0, 0.05) is 24.9 Å². The molecule has 0 atom stereocenters. The normalized spacial score (nSPS) is 10.2. The number of hydrogen-bond donors (Lipinski definition) is 2. The van der Waals surface area contributed by atoms with Gasteiger partial charge in [0.25, 0.3) is 5.91 Å². The summed E-state index contributed by atoms with van der Waals surface area (Å²) < 4.78 is 10.4. The Morgan fingerprint density at radius 2 is 2.00 bits per heavy atom. The number of ether oxygens (including phenoxy) is 2. The number of amides is 1. The molecule has 2 rings (SSSR count). The number of hydrogen-bond acceptors (Lipinski definition) is 6. The van der Waals surface area contributed by atoms with Gasteiger partial charge in [-0.2, -0.15) is 0 Å². The molecule has 1 aromatic carbocycles. The minimum absolute atomic E-state index is 0.236. The maximum absolute atomic E-state index is 12.4. The first-order valence-corrected chi connectivity index (χ1v) is 7.76. The Bertz CT molecular complexity index is 724. The molecule has 0 aliphatic heterocycles. The van der Waals surface area contributed by atoms with E-state index in [0.29, 0.717) is 28.2 Å². The fraction of sp³-hybridized carbons (Fsp3) is 0.312. The molecule has 0 radical (unpaired) electrons. The van der Waals surface area contributed by atoms with E-state index in [2.05, 4.69) is 20.6 Å². The molecule has 0 aliphatic carbocycles. The third-order valence-corrected chi connectivity index (χ3v) is 3.44. The molecule has 128 valence electrons. The van der Waals surface area contributed by atoms with Gasteiger partial charge in [-0.3, -0.25) is 4.79 Å². The fourth-order valence-corrected chi connectivity index (χ4v) is 2.18. The van der Waals surface area contributed by atoms with Crippen LogP contribution >= 0.6 is 11.6 Å². The van der Waals surface area contributed by atoms with Crippen LogP contribution < -0.4 is 20.1 Å². The molecule has 0 bridgehead atoms. The number of aromatic nitrogens is 2. The Morgan fingerprint density at radius 1 is 1.25 bits per heavy atom. The summed E-state index contributed by atoms with van der Waals surface area (Å²) in [5.74, 6) is 0.873. The third kappa shape index (κ3) is 4.26. The lowest BCUT2D eigenvalue weighted by molar-refractivity contribution is 0.102. The summed E-state index contributed by atoms with van der Waals surface area (Å²) in [6.07, 6.45) is 2.46. The highest BCUT2D eigenvalue weighted by atomic mass is 35.5. The molecule has 0 aliphatic rings. The second kappa shape index (κ2) is 8.35. The molecule has 0 fully saturated rings. The van der Waals surface area contributed by atoms with Gasteiger partial charge in [-0.1, -0.05) is 18.5 Å². The van der Waals surface area contributed by atoms with Gasteiger partial charge in [0.15, 0.2) is 0 Å². The summed E-state index contributed by atoms with van der Waals surface area (Å²) in [6, 6.07) is 4.70. The molecule has 0 saturated carbocycles. The zero-order valence-electron chi connectivity index (χ0n) is 13.7. The Kier molecular flexibility index (Phi) is 6.20. The number of benzene rings is 1. The zero-order chi connectivity index (χ0) is 17.5. The molecule has 1 heterocycles. The molecule has 7 nitrogen and oxygen atoms in total. The predicted octanol–water partition coefficient (Wildman–Crippen LogP) is 3.22. The number of nitrogens with one attached hydrogen (secondary N) is 2. The fourth-order valence-electron chi connectivity index (χ4n) is 1.95. The summed E-state index contributed by atoms with van der Waals surface area (Å²) in [5.41, 5.74) is 0.671. The average molecular weight is 351 g/mol. The number of methoxy groups -OCH3 is 2. The molecule has 2 N–H and O–H groups in total. The van der Waals surface area contributed by atoms with Crippen LogP contribution in [0.4, 0.5) is 11.6 Å². The monoisotopic (exact) mass is 350 g/mol. The Hall–Kier alpha value is -2.54. The Morgan fingerprint density at radius 3 is 2.67 bits per heavy atom. The van der Waals surface area contributed by atoms with E-state index in [-0.39, 0.29) is 11.6 Å². The highest BCUT2D eigenvalue weighted by molar-refractivity contribution is 6.32. The van der Waals surface area contributed by atoms with Crippen LogP contribution in [0.15, 0.2) is 24.4 Å². The molecule has 0 spiro atoms. The van der Waals surface area contributed by atoms with Crippen molar-refractivity contribution in [1.29, 1.82) is 0 Å². The number of carbonyl (C=O) groups excluding carboxylic acids is 1. The number of anilines is 2. The van der Waals surface area contributed by atoms with Crippen molar-refractivity contribution in [3.8, 4) is 11.5 Å². The summed E-state index contributed by atoms with van der Waals surface area (Å²) in [6.45, 7) is 2.76. The first-order valence-electron chi connectivity index (χ1n) is 7.38. The van der Waals surface area contributed by atoms with E-state index in [1.165, 1.54) is 26.5 Å². The molecule has 1 amide bonds. The molecule has 1 aromatic heterocycles. The van der Waals surface area contributed by atoms with Crippen LogP contribution in [-0.2, 0) is 0 Å². The highest BCUT2D eigenvalue weighted by Crippen LogP contribution is 2.36. The molecule has 24 heavy (non-hydrogen) atoms. The largest absolute Gasteiger partial charge is 0.495 e. The van der Waals surface area contributed by atoms with Gasteiger partial charge in [0.05, 0.1) is 24.9 Å². The van der Waals surface area contributed by atoms with Crippen molar-refractivity contribution in [3.05, 3.63) is 35.1 Å². The van der Waals surface area contributed by atoms with Crippen molar-refractivity contribution < 1.29 is 14.3 Å². The van der Waals surface area contributed by atoms with Crippen LogP contribution in [0.3, 0.4) is 0 Å². The first-order chi connectivity index (χ1) is 11.6. The van der Waals surface area contributed by atoms with Crippen LogP contribution in [0.1, 0.15) is 23.8 Å². The smallest absolute Gasteiger partial charge is 0.274 e. The minimum atomic E-state index is -0.389. The zero-order valence-corrected chi connectivity index (χ0v) is 14.5. The summed E-state index contributed by atoms with van der Waals surface area (Å²) in [5, 5.41) is 6.17. The maximum Gasteiger partial charge on any atom is 0.274 e. The number of rotatable bonds is 7. The number of nitrogens with zero attached hydrogens (tertiary/aromatic N) is 2. The van der Waals surface area contributed by atoms with E-state index in [1.807, 2.05) is 6.92 Å². The van der Waals surface area contributed by atoms with E-state index in [9.17, 15) is 4.79 Å². The van der Waals surface area contributed by atoms with Crippen LogP contribution in [0.5, 0.6) is 11.5 Å².